The minimum Gasteiger partial charge on any atom is -0.489 e. The Bertz CT molecular complexity index is 1060. The van der Waals surface area contributed by atoms with Gasteiger partial charge in [-0.3, -0.25) is 9.78 Å². The number of hydrogen-bond acceptors (Lipinski definition) is 4. The summed E-state index contributed by atoms with van der Waals surface area (Å²) in [7, 11) is 0. The maximum Gasteiger partial charge on any atom is 0.163 e. The van der Waals surface area contributed by atoms with E-state index in [1.54, 1.807) is 6.20 Å². The van der Waals surface area contributed by atoms with Gasteiger partial charge in [0.05, 0.1) is 5.69 Å². The van der Waals surface area contributed by atoms with E-state index in [1.807, 2.05) is 68.4 Å². The molecule has 0 saturated heterocycles. The highest BCUT2D eigenvalue weighted by Crippen LogP contribution is 2.31. The molecule has 4 nitrogen and oxygen atoms in total. The number of hydrogen-bond donors (Lipinski definition) is 0. The van der Waals surface area contributed by atoms with E-state index in [1.165, 1.54) is 25.7 Å². The lowest BCUT2D eigenvalue weighted by Gasteiger charge is -2.15. The second kappa shape index (κ2) is 10.4. The van der Waals surface area contributed by atoms with Crippen LogP contribution in [0.25, 0.3) is 0 Å². The van der Waals surface area contributed by atoms with Crippen molar-refractivity contribution < 1.29 is 14.3 Å². The molecule has 0 atom stereocenters. The van der Waals surface area contributed by atoms with Gasteiger partial charge >= 0.3 is 0 Å². The molecular weight excluding hydrogens is 398 g/mol. The van der Waals surface area contributed by atoms with Gasteiger partial charge < -0.3 is 9.47 Å². The van der Waals surface area contributed by atoms with Gasteiger partial charge in [-0.25, -0.2) is 0 Å². The SMILES string of the molecule is Cc1c(OCc2cccc(OCc3ccccn3)c2)ccc(C(=O)CC2CCCC2)c1C. The molecule has 2 aromatic carbocycles. The number of ether oxygens (including phenoxy) is 2. The molecule has 166 valence electrons. The second-order valence-electron chi connectivity index (χ2n) is 8.68. The third kappa shape index (κ3) is 5.56. The van der Waals surface area contributed by atoms with Crippen molar-refractivity contribution in [2.75, 3.05) is 0 Å². The molecule has 0 unspecified atom stereocenters. The molecule has 3 aromatic rings. The number of aromatic nitrogens is 1. The molecule has 4 rings (SSSR count). The maximum absolute atomic E-state index is 12.8. The van der Waals surface area contributed by atoms with Crippen molar-refractivity contribution in [3.8, 4) is 11.5 Å². The molecule has 0 radical (unpaired) electrons. The Morgan fingerprint density at radius 3 is 2.56 bits per heavy atom. The summed E-state index contributed by atoms with van der Waals surface area (Å²) in [5, 5.41) is 0. The molecule has 0 aliphatic heterocycles. The lowest BCUT2D eigenvalue weighted by molar-refractivity contribution is 0.0961. The molecule has 1 aliphatic rings. The number of ketones is 1. The summed E-state index contributed by atoms with van der Waals surface area (Å²) in [4.78, 5) is 17.1. The van der Waals surface area contributed by atoms with Crippen molar-refractivity contribution in [1.29, 1.82) is 0 Å². The van der Waals surface area contributed by atoms with E-state index in [0.717, 1.165) is 39.4 Å². The topological polar surface area (TPSA) is 48.4 Å². The van der Waals surface area contributed by atoms with Crippen LogP contribution in [0.2, 0.25) is 0 Å². The van der Waals surface area contributed by atoms with Crippen LogP contribution in [-0.4, -0.2) is 10.8 Å². The molecule has 1 heterocycles. The minimum atomic E-state index is 0.266. The van der Waals surface area contributed by atoms with Crippen molar-refractivity contribution in [3.05, 3.63) is 88.7 Å². The summed E-state index contributed by atoms with van der Waals surface area (Å²) in [6.45, 7) is 4.93. The van der Waals surface area contributed by atoms with Gasteiger partial charge in [-0.15, -0.1) is 0 Å². The van der Waals surface area contributed by atoms with E-state index in [2.05, 4.69) is 4.98 Å². The predicted molar refractivity (Wildman–Crippen MR) is 126 cm³/mol. The molecule has 1 saturated carbocycles. The smallest absolute Gasteiger partial charge is 0.163 e. The third-order valence-corrected chi connectivity index (χ3v) is 6.39. The number of Topliss-reactive ketones (excluding diaryl/α,β-unsaturated/α-hetero) is 1. The van der Waals surface area contributed by atoms with Gasteiger partial charge in [0.15, 0.2) is 5.78 Å². The standard InChI is InChI=1S/C28H31NO3/c1-20-21(2)28(14-13-26(20)27(30)17-22-8-3-4-9-22)32-18-23-10-7-12-25(16-23)31-19-24-11-5-6-15-29-24/h5-7,10-16,22H,3-4,8-9,17-19H2,1-2H3. The Hall–Kier alpha value is -3.14. The molecule has 0 amide bonds. The number of pyridine rings is 1. The molecule has 1 aliphatic carbocycles. The number of carbonyl (C=O) groups is 1. The van der Waals surface area contributed by atoms with Gasteiger partial charge in [0.25, 0.3) is 0 Å². The number of nitrogens with zero attached hydrogens (tertiary/aromatic N) is 1. The Morgan fingerprint density at radius 2 is 1.78 bits per heavy atom. The number of carbonyl (C=O) groups excluding carboxylic acids is 1. The van der Waals surface area contributed by atoms with Gasteiger partial charge in [-0.2, -0.15) is 0 Å². The third-order valence-electron chi connectivity index (χ3n) is 6.39. The van der Waals surface area contributed by atoms with Crippen molar-refractivity contribution in [2.24, 2.45) is 5.92 Å². The van der Waals surface area contributed by atoms with Crippen LogP contribution < -0.4 is 9.47 Å². The summed E-state index contributed by atoms with van der Waals surface area (Å²) in [6, 6.07) is 17.6. The highest BCUT2D eigenvalue weighted by atomic mass is 16.5. The molecular formula is C28H31NO3. The first kappa shape index (κ1) is 22.1. The maximum atomic E-state index is 12.8. The fraction of sp³-hybridized carbons (Fsp3) is 0.357. The van der Waals surface area contributed by atoms with Crippen LogP contribution in [-0.2, 0) is 13.2 Å². The zero-order chi connectivity index (χ0) is 22.3. The minimum absolute atomic E-state index is 0.266. The van der Waals surface area contributed by atoms with E-state index < -0.39 is 0 Å². The molecule has 1 aromatic heterocycles. The summed E-state index contributed by atoms with van der Waals surface area (Å²) in [5.41, 5.74) is 4.82. The molecule has 1 fully saturated rings. The molecule has 0 N–H and O–H groups in total. The van der Waals surface area contributed by atoms with Crippen LogP contribution >= 0.6 is 0 Å². The Labute approximate surface area is 190 Å². The van der Waals surface area contributed by atoms with Crippen molar-refractivity contribution in [1.82, 2.24) is 4.98 Å². The van der Waals surface area contributed by atoms with Crippen LogP contribution in [0.1, 0.15) is 64.8 Å². The zero-order valence-corrected chi connectivity index (χ0v) is 19.0. The van der Waals surface area contributed by atoms with Crippen LogP contribution in [0.15, 0.2) is 60.8 Å². The van der Waals surface area contributed by atoms with E-state index in [0.29, 0.717) is 25.6 Å². The zero-order valence-electron chi connectivity index (χ0n) is 19.0. The van der Waals surface area contributed by atoms with Gasteiger partial charge in [-0.1, -0.05) is 43.9 Å². The summed E-state index contributed by atoms with van der Waals surface area (Å²) < 4.78 is 12.0. The Morgan fingerprint density at radius 1 is 0.938 bits per heavy atom. The van der Waals surface area contributed by atoms with Crippen LogP contribution in [0.5, 0.6) is 11.5 Å². The first-order valence-electron chi connectivity index (χ1n) is 11.5. The molecule has 0 spiro atoms. The van der Waals surface area contributed by atoms with Crippen molar-refractivity contribution in [2.45, 2.75) is 59.2 Å². The number of rotatable bonds is 9. The molecule has 32 heavy (non-hydrogen) atoms. The second-order valence-corrected chi connectivity index (χ2v) is 8.68. The van der Waals surface area contributed by atoms with Gasteiger partial charge in [0.1, 0.15) is 24.7 Å². The average molecular weight is 430 g/mol. The summed E-state index contributed by atoms with van der Waals surface area (Å²) in [5.74, 6) is 2.43. The van der Waals surface area contributed by atoms with Crippen LogP contribution in [0.3, 0.4) is 0 Å². The fourth-order valence-electron chi connectivity index (χ4n) is 4.37. The Balaban J connectivity index is 1.37. The predicted octanol–water partition coefficient (Wildman–Crippen LogP) is 6.62. The number of benzene rings is 2. The largest absolute Gasteiger partial charge is 0.489 e. The Kier molecular flexibility index (Phi) is 7.21. The molecule has 0 bridgehead atoms. The van der Waals surface area contributed by atoms with Crippen LogP contribution in [0.4, 0.5) is 0 Å². The van der Waals surface area contributed by atoms with Crippen LogP contribution in [0, 0.1) is 19.8 Å². The van der Waals surface area contributed by atoms with Crippen molar-refractivity contribution >= 4 is 5.78 Å². The summed E-state index contributed by atoms with van der Waals surface area (Å²) in [6.07, 6.45) is 7.34. The van der Waals surface area contributed by atoms with E-state index in [9.17, 15) is 4.79 Å². The fourth-order valence-corrected chi connectivity index (χ4v) is 4.37. The first-order chi connectivity index (χ1) is 15.6. The average Bonchev–Trinajstić information content (AvgIpc) is 3.32. The quantitative estimate of drug-likeness (QED) is 0.359. The normalized spacial score (nSPS) is 13.8. The van der Waals surface area contributed by atoms with Gasteiger partial charge in [-0.05, 0) is 72.9 Å². The highest BCUT2D eigenvalue weighted by molar-refractivity contribution is 5.98. The summed E-state index contributed by atoms with van der Waals surface area (Å²) >= 11 is 0. The lowest BCUT2D eigenvalue weighted by Crippen LogP contribution is -2.09. The van der Waals surface area contributed by atoms with E-state index in [4.69, 9.17) is 9.47 Å². The van der Waals surface area contributed by atoms with Gasteiger partial charge in [0, 0.05) is 18.2 Å². The molecule has 4 heteroatoms. The van der Waals surface area contributed by atoms with E-state index in [-0.39, 0.29) is 5.78 Å². The highest BCUT2D eigenvalue weighted by Gasteiger charge is 2.21. The lowest BCUT2D eigenvalue weighted by atomic mass is 9.92. The van der Waals surface area contributed by atoms with Crippen molar-refractivity contribution in [3.63, 3.8) is 0 Å². The first-order valence-corrected chi connectivity index (χ1v) is 11.5. The van der Waals surface area contributed by atoms with E-state index >= 15 is 0 Å². The monoisotopic (exact) mass is 429 g/mol. The van der Waals surface area contributed by atoms with Gasteiger partial charge in [0.2, 0.25) is 0 Å².